The van der Waals surface area contributed by atoms with Gasteiger partial charge in [-0.2, -0.15) is 0 Å². The molecule has 1 aliphatic carbocycles. The summed E-state index contributed by atoms with van der Waals surface area (Å²) in [5.74, 6) is -1.92. The first-order valence-corrected chi connectivity index (χ1v) is 36.1. The van der Waals surface area contributed by atoms with Crippen LogP contribution in [0.15, 0.2) is 85.0 Å². The van der Waals surface area contributed by atoms with E-state index in [1.807, 2.05) is 0 Å². The van der Waals surface area contributed by atoms with Crippen LogP contribution >= 0.6 is 21.6 Å². The van der Waals surface area contributed by atoms with E-state index < -0.39 is 84.4 Å². The number of aliphatic hydroxyl groups is 2. The molecule has 0 bridgehead atoms. The summed E-state index contributed by atoms with van der Waals surface area (Å²) >= 11 is 0. The highest BCUT2D eigenvalue weighted by Gasteiger charge is 2.49. The molecule has 2 unspecified atom stereocenters. The zero-order valence-corrected chi connectivity index (χ0v) is 58.7. The first-order valence-electron chi connectivity index (χ1n) is 33.7. The number of ether oxygens (including phenoxy) is 6. The van der Waals surface area contributed by atoms with Crippen LogP contribution in [0.3, 0.4) is 0 Å². The molecule has 0 spiro atoms. The van der Waals surface area contributed by atoms with Gasteiger partial charge in [-0.05, 0) is 106 Å². The zero-order chi connectivity index (χ0) is 71.9. The summed E-state index contributed by atoms with van der Waals surface area (Å²) < 4.78 is 35.6. The lowest BCUT2D eigenvalue weighted by atomic mass is 9.85. The van der Waals surface area contributed by atoms with Crippen molar-refractivity contribution < 1.29 is 86.6 Å². The molecule has 28 nitrogen and oxygen atoms in total. The van der Waals surface area contributed by atoms with Crippen molar-refractivity contribution in [3.8, 4) is 23.0 Å². The summed E-state index contributed by atoms with van der Waals surface area (Å²) in [6, 6.07) is 7.69. The molecule has 540 valence electrons. The number of amides is 11. The average Bonchev–Trinajstić information content (AvgIpc) is 1.58. The second kappa shape index (κ2) is 34.4. The molecule has 0 aromatic heterocycles. The highest BCUT2D eigenvalue weighted by atomic mass is 33.1. The maximum atomic E-state index is 14.4. The summed E-state index contributed by atoms with van der Waals surface area (Å²) in [7, 11) is 6.28. The number of carbonyl (C=O) groups excluding carboxylic acids is 10. The maximum Gasteiger partial charge on any atom is 0.416 e. The number of anilines is 3. The first-order chi connectivity index (χ1) is 47.9. The number of methoxy groups -OCH3 is 2. The second-order valence-corrected chi connectivity index (χ2v) is 28.9. The lowest BCUT2D eigenvalue weighted by molar-refractivity contribution is -0.137. The lowest BCUT2D eigenvalue weighted by Crippen LogP contribution is -2.54. The molecule has 0 radical (unpaired) electrons. The number of primary amides is 1. The quantitative estimate of drug-likeness (QED) is 0.0135. The number of carbonyl (C=O) groups is 10. The molecule has 5 aliphatic heterocycles. The lowest BCUT2D eigenvalue weighted by Gasteiger charge is -2.40. The number of nitrogens with zero attached hydrogens (tertiary/aromatic N) is 5. The third-order valence-electron chi connectivity index (χ3n) is 18.3. The van der Waals surface area contributed by atoms with E-state index in [0.717, 1.165) is 45.3 Å². The summed E-state index contributed by atoms with van der Waals surface area (Å²) in [4.78, 5) is 139. The number of unbranched alkanes of at least 4 members (excludes halogenated alkanes) is 4. The minimum Gasteiger partial charge on any atom is -0.493 e. The van der Waals surface area contributed by atoms with Gasteiger partial charge in [-0.3, -0.25) is 38.5 Å². The van der Waals surface area contributed by atoms with Crippen molar-refractivity contribution in [1.29, 1.82) is 0 Å². The van der Waals surface area contributed by atoms with Crippen LogP contribution in [-0.4, -0.2) is 192 Å². The largest absolute Gasteiger partial charge is 0.493 e. The number of nitrogens with one attached hydrogen (secondary N) is 4. The third kappa shape index (κ3) is 18.1. The molecule has 5 heterocycles. The van der Waals surface area contributed by atoms with Crippen molar-refractivity contribution in [3.05, 3.63) is 102 Å². The van der Waals surface area contributed by atoms with Crippen molar-refractivity contribution >= 4 is 98.2 Å². The third-order valence-corrected chi connectivity index (χ3v) is 21.6. The van der Waals surface area contributed by atoms with Gasteiger partial charge in [-0.15, -0.1) is 0 Å². The number of hydrogen-bond donors (Lipinski definition) is 7. The molecule has 6 aliphatic rings. The Balaban J connectivity index is 0.812. The monoisotopic (exact) mass is 1420 g/mol. The Kier molecular flexibility index (Phi) is 25.9. The highest BCUT2D eigenvalue weighted by Crippen LogP contribution is 2.50. The van der Waals surface area contributed by atoms with E-state index in [0.29, 0.717) is 61.8 Å². The topological polar surface area (TPSA) is 357 Å². The van der Waals surface area contributed by atoms with Gasteiger partial charge in [0.15, 0.2) is 35.5 Å². The number of nitrogens with two attached hydrogens (primary N) is 1. The Morgan fingerprint density at radius 3 is 1.76 bits per heavy atom. The van der Waals surface area contributed by atoms with Gasteiger partial charge in [-0.1, -0.05) is 91.6 Å². The first kappa shape index (κ1) is 75.2. The van der Waals surface area contributed by atoms with Crippen LogP contribution in [0.1, 0.15) is 137 Å². The van der Waals surface area contributed by atoms with Crippen LogP contribution < -0.4 is 55.7 Å². The van der Waals surface area contributed by atoms with E-state index in [9.17, 15) is 58.2 Å². The summed E-state index contributed by atoms with van der Waals surface area (Å²) in [5.41, 5.74) is 7.75. The minimum absolute atomic E-state index is 0.00528. The van der Waals surface area contributed by atoms with Crippen LogP contribution in [0, 0.1) is 5.92 Å². The van der Waals surface area contributed by atoms with Crippen molar-refractivity contribution in [3.63, 3.8) is 0 Å². The predicted octanol–water partition coefficient (Wildman–Crippen LogP) is 7.45. The molecule has 3 aromatic carbocycles. The van der Waals surface area contributed by atoms with Crippen molar-refractivity contribution in [2.75, 3.05) is 81.1 Å². The van der Waals surface area contributed by atoms with Crippen LogP contribution in [0.4, 0.5) is 31.4 Å². The fraction of sp³-hybridized carbons (Fsp3) is 0.514. The number of fused-ring (bicyclic) bond motifs is 4. The SMILES string of the molecule is C=C1C[C@H]2C(O)N(C(=O)OCc3ccc(NC(=O)[C@H](CCCNC(N)=O)NC(=O)[C@@H](NC(=O)CCCCCN4C(=O)C=CC4=O)C(C)C)cc3)c3cc(OCCCCCOc4cc5c(cc4OC)C(=O)N4CC(=C)C[C@H]4C(O)N5C(=O)OCC4(SSCC)CCC4)c(OC)cc3C(=O)N2C1. The molecule has 3 aromatic rings. The van der Waals surface area contributed by atoms with Crippen LogP contribution in [0.25, 0.3) is 0 Å². The molecular formula is C70H90N10O18S2. The average molecular weight is 1420 g/mol. The van der Waals surface area contributed by atoms with Crippen molar-refractivity contribution in [2.45, 2.75) is 159 Å². The van der Waals surface area contributed by atoms with E-state index >= 15 is 0 Å². The Hall–Kier alpha value is -9.00. The van der Waals surface area contributed by atoms with E-state index in [1.165, 1.54) is 60.4 Å². The number of hydrogen-bond acceptors (Lipinski definition) is 20. The molecule has 100 heavy (non-hydrogen) atoms. The van der Waals surface area contributed by atoms with Crippen LogP contribution in [0.5, 0.6) is 23.0 Å². The zero-order valence-electron chi connectivity index (χ0n) is 57.0. The molecule has 11 amide bonds. The van der Waals surface area contributed by atoms with Gasteiger partial charge in [-0.25, -0.2) is 24.2 Å². The van der Waals surface area contributed by atoms with Gasteiger partial charge in [0.2, 0.25) is 17.7 Å². The molecule has 9 rings (SSSR count). The van der Waals surface area contributed by atoms with Gasteiger partial charge in [0.05, 0.1) is 66.8 Å². The molecule has 2 saturated heterocycles. The number of benzene rings is 3. The maximum absolute atomic E-state index is 14.4. The Morgan fingerprint density at radius 2 is 1.25 bits per heavy atom. The van der Waals surface area contributed by atoms with Gasteiger partial charge in [0.1, 0.15) is 25.3 Å². The minimum atomic E-state index is -1.60. The molecule has 3 fully saturated rings. The van der Waals surface area contributed by atoms with E-state index in [4.69, 9.17) is 34.2 Å². The van der Waals surface area contributed by atoms with Crippen molar-refractivity contribution in [2.24, 2.45) is 11.7 Å². The van der Waals surface area contributed by atoms with Gasteiger partial charge >= 0.3 is 18.2 Å². The number of urea groups is 1. The highest BCUT2D eigenvalue weighted by molar-refractivity contribution is 8.77. The van der Waals surface area contributed by atoms with E-state index in [2.05, 4.69) is 41.3 Å². The predicted molar refractivity (Wildman–Crippen MR) is 374 cm³/mol. The summed E-state index contributed by atoms with van der Waals surface area (Å²) in [6.07, 6.45) is 4.33. The smallest absolute Gasteiger partial charge is 0.416 e. The van der Waals surface area contributed by atoms with E-state index in [1.54, 1.807) is 59.7 Å². The van der Waals surface area contributed by atoms with Crippen LogP contribution in [-0.2, 0) is 40.1 Å². The Labute approximate surface area is 588 Å². The van der Waals surface area contributed by atoms with Gasteiger partial charge in [0.25, 0.3) is 23.6 Å². The summed E-state index contributed by atoms with van der Waals surface area (Å²) in [5, 5.41) is 34.8. The number of aliphatic hydroxyl groups excluding tert-OH is 2. The number of imide groups is 1. The molecule has 8 N–H and O–H groups in total. The molecule has 30 heteroatoms. The fourth-order valence-corrected chi connectivity index (χ4v) is 15.4. The van der Waals surface area contributed by atoms with Gasteiger partial charge < -0.3 is 75.4 Å². The molecule has 6 atom stereocenters. The standard InChI is InChI=1S/C70H90N10O18S2/c1-8-99-100-70(25-16-26-70)40-98-69(92)80-50-36-56(54(94-7)34-47(50)64(87)78-38-43(5)32-52(78)66(80)89)96-30-14-10-13-29-95-55-35-49-46(33-53(55)93-6)63(86)77-37-42(4)31-51(77)65(88)79(49)68(91)97-39-44-19-21-45(22-20-44)73-61(84)48(17-15-27-72-67(71)90)74-62(85)60(41(2)3)75-57(81)18-11-9-12-28-76-58(82)23-24-59(76)83/h19-24,33-36,41,48,51-52,60,65-66,88-89H,4-5,8-18,25-32,37-40H2,1-3,6-7H3,(H,73,84)(H,74,85)(H,75,81)(H3,71,72,90)/t48-,51-,52-,60-,65?,66?/m0/s1. The van der Waals surface area contributed by atoms with Gasteiger partial charge in [0, 0.05) is 68.3 Å². The Morgan fingerprint density at radius 1 is 0.700 bits per heavy atom. The normalized spacial score (nSPS) is 19.5. The number of rotatable bonds is 33. The van der Waals surface area contributed by atoms with E-state index in [-0.39, 0.29) is 146 Å². The second-order valence-electron chi connectivity index (χ2n) is 25.9. The van der Waals surface area contributed by atoms with Crippen LogP contribution in [0.2, 0.25) is 0 Å². The molecule has 1 saturated carbocycles. The Bertz CT molecular complexity index is 3610. The summed E-state index contributed by atoms with van der Waals surface area (Å²) in [6.45, 7) is 14.5. The fourth-order valence-electron chi connectivity index (χ4n) is 12.7. The molecular weight excluding hydrogens is 1330 g/mol. The van der Waals surface area contributed by atoms with Crippen molar-refractivity contribution in [1.82, 2.24) is 30.7 Å².